The lowest BCUT2D eigenvalue weighted by Crippen LogP contribution is -2.51. The summed E-state index contributed by atoms with van der Waals surface area (Å²) in [4.78, 5) is 0. The molecule has 0 amide bonds. The maximum Gasteiger partial charge on any atom is 0.458 e. The third-order valence-electron chi connectivity index (χ3n) is 3.44. The van der Waals surface area contributed by atoms with Gasteiger partial charge in [-0.2, -0.15) is 48.3 Å². The molecule has 0 spiro atoms. The van der Waals surface area contributed by atoms with E-state index in [0.29, 0.717) is 0 Å². The Kier molecular flexibility index (Phi) is 7.30. The van der Waals surface area contributed by atoms with Crippen molar-refractivity contribution in [1.29, 1.82) is 0 Å². The molecule has 0 fully saturated rings. The minimum atomic E-state index is -6.80. The summed E-state index contributed by atoms with van der Waals surface area (Å²) in [6.45, 7) is 0. The van der Waals surface area contributed by atoms with Crippen LogP contribution >= 0.6 is 57.4 Å². The quantitative estimate of drug-likeness (QED) is 0.182. The Morgan fingerprint density at radius 3 is 1.41 bits per heavy atom. The van der Waals surface area contributed by atoms with E-state index in [-0.39, 0.29) is 6.07 Å². The van der Waals surface area contributed by atoms with Crippen LogP contribution in [0.5, 0.6) is 0 Å². The highest BCUT2D eigenvalue weighted by Gasteiger charge is 2.74. The zero-order chi connectivity index (χ0) is 23.4. The Labute approximate surface area is 182 Å². The molecule has 0 aliphatic rings. The van der Waals surface area contributed by atoms with Crippen LogP contribution in [0.25, 0.3) is 0 Å². The highest BCUT2D eigenvalue weighted by molar-refractivity contribution is 14.1. The van der Waals surface area contributed by atoms with E-state index in [0.717, 1.165) is 22.6 Å². The van der Waals surface area contributed by atoms with Gasteiger partial charge in [-0.15, -0.1) is 0 Å². The topological polar surface area (TPSA) is 0 Å². The van der Waals surface area contributed by atoms with Gasteiger partial charge in [0.2, 0.25) is 0 Å². The van der Waals surface area contributed by atoms with E-state index >= 15 is 0 Å². The Morgan fingerprint density at radius 1 is 0.690 bits per heavy atom. The number of hydrogen-bond acceptors (Lipinski definition) is 0. The first-order chi connectivity index (χ1) is 12.5. The third-order valence-corrected chi connectivity index (χ3v) is 4.81. The van der Waals surface area contributed by atoms with Crippen molar-refractivity contribution in [2.75, 3.05) is 0 Å². The summed E-state index contributed by atoms with van der Waals surface area (Å²) in [5, 5.41) is 0. The van der Waals surface area contributed by atoms with E-state index in [1.165, 1.54) is 0 Å². The maximum absolute atomic E-state index is 14.5. The van der Waals surface area contributed by atoms with E-state index in [2.05, 4.69) is 0 Å². The second-order valence-electron chi connectivity index (χ2n) is 5.50. The first kappa shape index (κ1) is 27.0. The van der Waals surface area contributed by atoms with E-state index in [1.54, 1.807) is 0 Å². The molecule has 0 heterocycles. The molecule has 0 atom stereocenters. The average Bonchev–Trinajstić information content (AvgIpc) is 2.43. The summed E-state index contributed by atoms with van der Waals surface area (Å²) >= 11 is 16.8. The van der Waals surface area contributed by atoms with Gasteiger partial charge in [0, 0.05) is 21.1 Å². The first-order valence-electron chi connectivity index (χ1n) is 6.64. The van der Waals surface area contributed by atoms with Crippen LogP contribution in [0, 0.1) is 3.57 Å². The van der Waals surface area contributed by atoms with Crippen LogP contribution in [-0.4, -0.2) is 22.3 Å². The zero-order valence-electron chi connectivity index (χ0n) is 12.9. The molecule has 0 radical (unpaired) electrons. The highest BCUT2D eigenvalue weighted by Crippen LogP contribution is 2.56. The van der Waals surface area contributed by atoms with Crippen molar-refractivity contribution in [2.24, 2.45) is 0 Å². The molecular weight excluding hydrogens is 617 g/mol. The Morgan fingerprint density at radius 2 is 1.10 bits per heavy atom. The molecule has 1 aromatic rings. The average molecular weight is 621 g/mol. The predicted octanol–water partition coefficient (Wildman–Crippen LogP) is 8.15. The third kappa shape index (κ3) is 5.25. The molecule has 16 heteroatoms. The standard InChI is InChI=1S/C13H4Cl3F12I/c14-8(15,16)3-5-6(9(17,11(20,21)22)12(23,24)25)1-4(2-7(5)29)10(18,19)13(26,27)28/h1-2H,3H2. The number of alkyl halides is 15. The second-order valence-corrected chi connectivity index (χ2v) is 9.18. The lowest BCUT2D eigenvalue weighted by molar-refractivity contribution is -0.349. The minimum absolute atomic E-state index is 0.0730. The lowest BCUT2D eigenvalue weighted by atomic mass is 9.86. The molecule has 0 aromatic heterocycles. The van der Waals surface area contributed by atoms with Crippen molar-refractivity contribution >= 4 is 57.4 Å². The summed E-state index contributed by atoms with van der Waals surface area (Å²) in [6.07, 6.45) is -21.4. The molecule has 0 N–H and O–H groups in total. The SMILES string of the molecule is FC(F)(F)C(F)(F)c1cc(I)c(CC(Cl)(Cl)Cl)c(C(F)(C(F)(F)F)C(F)(F)F)c1. The van der Waals surface area contributed by atoms with Crippen LogP contribution in [0.15, 0.2) is 12.1 Å². The minimum Gasteiger partial charge on any atom is -0.218 e. The van der Waals surface area contributed by atoms with E-state index in [9.17, 15) is 52.7 Å². The van der Waals surface area contributed by atoms with Crippen LogP contribution < -0.4 is 0 Å². The van der Waals surface area contributed by atoms with Gasteiger partial charge in [0.15, 0.2) is 3.79 Å². The van der Waals surface area contributed by atoms with Crippen LogP contribution in [0.1, 0.15) is 16.7 Å². The molecule has 0 saturated heterocycles. The second kappa shape index (κ2) is 7.84. The van der Waals surface area contributed by atoms with Gasteiger partial charge in [-0.1, -0.05) is 34.8 Å². The van der Waals surface area contributed by atoms with Crippen LogP contribution in [-0.2, 0) is 18.0 Å². The fourth-order valence-corrected chi connectivity index (χ4v) is 3.35. The van der Waals surface area contributed by atoms with Crippen molar-refractivity contribution in [3.8, 4) is 0 Å². The van der Waals surface area contributed by atoms with Crippen LogP contribution in [0.2, 0.25) is 0 Å². The van der Waals surface area contributed by atoms with Crippen molar-refractivity contribution in [2.45, 2.75) is 40.3 Å². The van der Waals surface area contributed by atoms with Crippen molar-refractivity contribution in [3.05, 3.63) is 32.4 Å². The normalized spacial score (nSPS) is 15.0. The fourth-order valence-electron chi connectivity index (χ4n) is 2.14. The monoisotopic (exact) mass is 620 g/mol. The van der Waals surface area contributed by atoms with Gasteiger partial charge in [-0.25, -0.2) is 4.39 Å². The number of hydrogen-bond donors (Lipinski definition) is 0. The van der Waals surface area contributed by atoms with Crippen LogP contribution in [0.3, 0.4) is 0 Å². The molecule has 168 valence electrons. The van der Waals surface area contributed by atoms with Crippen molar-refractivity contribution in [1.82, 2.24) is 0 Å². The molecule has 0 saturated carbocycles. The lowest BCUT2D eigenvalue weighted by Gasteiger charge is -2.34. The molecule has 1 aromatic carbocycles. The van der Waals surface area contributed by atoms with E-state index in [4.69, 9.17) is 34.8 Å². The van der Waals surface area contributed by atoms with Gasteiger partial charge in [0.05, 0.1) is 0 Å². The smallest absolute Gasteiger partial charge is 0.218 e. The molecule has 0 bridgehead atoms. The zero-order valence-corrected chi connectivity index (χ0v) is 17.3. The highest BCUT2D eigenvalue weighted by atomic mass is 127. The summed E-state index contributed by atoms with van der Waals surface area (Å²) in [5.41, 5.74) is -12.6. The van der Waals surface area contributed by atoms with Crippen molar-refractivity contribution in [3.63, 3.8) is 0 Å². The molecule has 29 heavy (non-hydrogen) atoms. The molecular formula is C13H4Cl3F12I. The number of rotatable bonds is 3. The van der Waals surface area contributed by atoms with E-state index < -0.39 is 66.7 Å². The van der Waals surface area contributed by atoms with Gasteiger partial charge >= 0.3 is 30.1 Å². The van der Waals surface area contributed by atoms with Gasteiger partial charge in [-0.05, 0) is 40.3 Å². The Bertz CT molecular complexity index is 747. The van der Waals surface area contributed by atoms with Crippen molar-refractivity contribution < 1.29 is 52.7 Å². The fraction of sp³-hybridized carbons (Fsp3) is 0.538. The number of halogens is 16. The summed E-state index contributed by atoms with van der Waals surface area (Å²) in [5.74, 6) is -5.90. The molecule has 0 aliphatic heterocycles. The molecule has 0 nitrogen and oxygen atoms in total. The summed E-state index contributed by atoms with van der Waals surface area (Å²) < 4.78 is 154. The Balaban J connectivity index is 4.08. The largest absolute Gasteiger partial charge is 0.458 e. The predicted molar refractivity (Wildman–Crippen MR) is 88.0 cm³/mol. The Hall–Kier alpha value is -0.0200. The molecule has 1 rings (SSSR count). The van der Waals surface area contributed by atoms with Gasteiger partial charge in [-0.3, -0.25) is 0 Å². The summed E-state index contributed by atoms with van der Waals surface area (Å²) in [6, 6.07) is -0.946. The van der Waals surface area contributed by atoms with Gasteiger partial charge < -0.3 is 0 Å². The van der Waals surface area contributed by atoms with E-state index in [1.807, 2.05) is 0 Å². The van der Waals surface area contributed by atoms with Crippen LogP contribution in [0.4, 0.5) is 52.7 Å². The molecule has 0 aliphatic carbocycles. The van der Waals surface area contributed by atoms with Gasteiger partial charge in [0.1, 0.15) is 0 Å². The van der Waals surface area contributed by atoms with Gasteiger partial charge in [0.25, 0.3) is 0 Å². The summed E-state index contributed by atoms with van der Waals surface area (Å²) in [7, 11) is 0. The number of benzene rings is 1. The maximum atomic E-state index is 14.5. The first-order valence-corrected chi connectivity index (χ1v) is 8.85. The molecule has 0 unspecified atom stereocenters.